The first-order valence-electron chi connectivity index (χ1n) is 8.55. The summed E-state index contributed by atoms with van der Waals surface area (Å²) in [5, 5.41) is 2.84. The van der Waals surface area contributed by atoms with Crippen molar-refractivity contribution < 1.29 is 23.9 Å². The minimum atomic E-state index is -0.671. The summed E-state index contributed by atoms with van der Waals surface area (Å²) >= 11 is 0. The van der Waals surface area contributed by atoms with Gasteiger partial charge < -0.3 is 19.7 Å². The molecule has 7 nitrogen and oxygen atoms in total. The molecule has 0 bridgehead atoms. The average molecular weight is 360 g/mol. The van der Waals surface area contributed by atoms with Crippen LogP contribution in [0.3, 0.4) is 0 Å². The largest absolute Gasteiger partial charge is 0.466 e. The van der Waals surface area contributed by atoms with Crippen molar-refractivity contribution in [3.63, 3.8) is 0 Å². The monoisotopic (exact) mass is 360 g/mol. The number of carbonyl (C=O) groups is 3. The second-order valence-electron chi connectivity index (χ2n) is 5.98. The highest BCUT2D eigenvalue weighted by Crippen LogP contribution is 2.15. The summed E-state index contributed by atoms with van der Waals surface area (Å²) in [6, 6.07) is 7.33. The first-order valence-corrected chi connectivity index (χ1v) is 8.55. The predicted molar refractivity (Wildman–Crippen MR) is 96.3 cm³/mol. The van der Waals surface area contributed by atoms with Crippen molar-refractivity contribution >= 4 is 23.5 Å². The predicted octanol–water partition coefficient (Wildman–Crippen LogP) is 1.88. The van der Waals surface area contributed by atoms with Gasteiger partial charge in [-0.05, 0) is 37.0 Å². The van der Waals surface area contributed by atoms with Crippen LogP contribution in [0.5, 0.6) is 0 Å². The van der Waals surface area contributed by atoms with E-state index in [1.165, 1.54) is 14.2 Å². The molecule has 2 rings (SSSR count). The summed E-state index contributed by atoms with van der Waals surface area (Å²) < 4.78 is 9.18. The van der Waals surface area contributed by atoms with Crippen molar-refractivity contribution in [2.45, 2.75) is 25.7 Å². The fourth-order valence-electron chi connectivity index (χ4n) is 2.72. The number of benzene rings is 1. The molecule has 0 spiro atoms. The van der Waals surface area contributed by atoms with Gasteiger partial charge in [-0.15, -0.1) is 0 Å². The van der Waals surface area contributed by atoms with Crippen LogP contribution < -0.4 is 5.32 Å². The first kappa shape index (κ1) is 19.5. The molecule has 1 aliphatic rings. The maximum Gasteiger partial charge on any atom is 0.354 e. The Morgan fingerprint density at radius 1 is 1.08 bits per heavy atom. The number of methoxy groups -OCH3 is 2. The first-order chi connectivity index (χ1) is 12.5. The van der Waals surface area contributed by atoms with Gasteiger partial charge in [-0.2, -0.15) is 0 Å². The van der Waals surface area contributed by atoms with E-state index in [0.29, 0.717) is 18.5 Å². The van der Waals surface area contributed by atoms with Crippen molar-refractivity contribution in [1.82, 2.24) is 4.90 Å². The Bertz CT molecular complexity index is 676. The fraction of sp³-hybridized carbons (Fsp3) is 0.421. The summed E-state index contributed by atoms with van der Waals surface area (Å²) in [6.07, 6.45) is 4.37. The number of rotatable bonds is 7. The van der Waals surface area contributed by atoms with E-state index in [0.717, 1.165) is 37.6 Å². The Morgan fingerprint density at radius 3 is 2.31 bits per heavy atom. The van der Waals surface area contributed by atoms with E-state index < -0.39 is 11.9 Å². The number of hydrogen-bond acceptors (Lipinski definition) is 6. The van der Waals surface area contributed by atoms with Crippen LogP contribution in [0, 0.1) is 0 Å². The number of esters is 2. The maximum atomic E-state index is 12.1. The van der Waals surface area contributed by atoms with E-state index in [4.69, 9.17) is 0 Å². The van der Waals surface area contributed by atoms with Crippen molar-refractivity contribution in [3.8, 4) is 0 Å². The van der Waals surface area contributed by atoms with Crippen molar-refractivity contribution in [2.24, 2.45) is 0 Å². The van der Waals surface area contributed by atoms with E-state index >= 15 is 0 Å². The summed E-state index contributed by atoms with van der Waals surface area (Å²) in [7, 11) is 2.46. The molecule has 7 heteroatoms. The Balaban J connectivity index is 1.94. The van der Waals surface area contributed by atoms with Gasteiger partial charge in [0, 0.05) is 25.2 Å². The molecule has 1 amide bonds. The number of nitrogens with one attached hydrogen (secondary N) is 1. The fourth-order valence-corrected chi connectivity index (χ4v) is 2.72. The van der Waals surface area contributed by atoms with Gasteiger partial charge in [0.25, 0.3) is 0 Å². The highest BCUT2D eigenvalue weighted by Gasteiger charge is 2.17. The van der Waals surface area contributed by atoms with Crippen LogP contribution >= 0.6 is 0 Å². The van der Waals surface area contributed by atoms with Gasteiger partial charge in [-0.1, -0.05) is 12.1 Å². The molecule has 0 aliphatic carbocycles. The highest BCUT2D eigenvalue weighted by molar-refractivity contribution is 5.98. The van der Waals surface area contributed by atoms with Crippen LogP contribution in [0.4, 0.5) is 5.69 Å². The van der Waals surface area contributed by atoms with Crippen molar-refractivity contribution in [3.05, 3.63) is 41.6 Å². The third-order valence-corrected chi connectivity index (χ3v) is 4.19. The zero-order chi connectivity index (χ0) is 18.9. The minimum absolute atomic E-state index is 0.0173. The number of anilines is 1. The normalized spacial score (nSPS) is 14.1. The topological polar surface area (TPSA) is 84.9 Å². The lowest BCUT2D eigenvalue weighted by atomic mass is 10.1. The molecule has 1 aliphatic heterocycles. The Kier molecular flexibility index (Phi) is 7.20. The van der Waals surface area contributed by atoms with Crippen LogP contribution in [-0.4, -0.2) is 50.1 Å². The van der Waals surface area contributed by atoms with Gasteiger partial charge in [0.2, 0.25) is 5.91 Å². The summed E-state index contributed by atoms with van der Waals surface area (Å²) in [5.74, 6) is -1.13. The molecule has 1 aromatic rings. The zero-order valence-corrected chi connectivity index (χ0v) is 15.1. The molecule has 0 aromatic heterocycles. The highest BCUT2D eigenvalue weighted by atomic mass is 16.5. The Labute approximate surface area is 153 Å². The van der Waals surface area contributed by atoms with E-state index in [9.17, 15) is 14.4 Å². The van der Waals surface area contributed by atoms with E-state index in [-0.39, 0.29) is 11.6 Å². The molecule has 0 unspecified atom stereocenters. The molecule has 0 atom stereocenters. The van der Waals surface area contributed by atoms with Crippen LogP contribution in [0.25, 0.3) is 0 Å². The zero-order valence-electron chi connectivity index (χ0n) is 15.1. The van der Waals surface area contributed by atoms with E-state index in [1.807, 2.05) is 17.0 Å². The molecule has 1 N–H and O–H groups in total. The Hall–Kier alpha value is -2.83. The lowest BCUT2D eigenvalue weighted by Crippen LogP contribution is -2.27. The molecule has 1 saturated heterocycles. The van der Waals surface area contributed by atoms with Crippen LogP contribution in [-0.2, 0) is 30.3 Å². The number of amides is 1. The second-order valence-corrected chi connectivity index (χ2v) is 5.98. The van der Waals surface area contributed by atoms with Crippen LogP contribution in [0.2, 0.25) is 0 Å². The van der Waals surface area contributed by atoms with Crippen molar-refractivity contribution in [1.29, 1.82) is 0 Å². The lowest BCUT2D eigenvalue weighted by molar-refractivity contribution is -0.138. The number of nitrogens with zero attached hydrogens (tertiary/aromatic N) is 1. The molecular weight excluding hydrogens is 336 g/mol. The summed E-state index contributed by atoms with van der Waals surface area (Å²) in [4.78, 5) is 37.1. The molecule has 1 aromatic carbocycles. The number of hydrogen-bond donors (Lipinski definition) is 1. The van der Waals surface area contributed by atoms with Gasteiger partial charge >= 0.3 is 11.9 Å². The van der Waals surface area contributed by atoms with Gasteiger partial charge in [0.1, 0.15) is 5.70 Å². The number of aryl methyl sites for hydroxylation is 1. The molecular formula is C19H24N2O5. The molecule has 140 valence electrons. The van der Waals surface area contributed by atoms with E-state index in [1.54, 1.807) is 12.1 Å². The molecule has 1 fully saturated rings. The summed E-state index contributed by atoms with van der Waals surface area (Å²) in [5.41, 5.74) is 1.64. The average Bonchev–Trinajstić information content (AvgIpc) is 3.20. The quantitative estimate of drug-likeness (QED) is 0.590. The third kappa shape index (κ3) is 5.61. The Morgan fingerprint density at radius 2 is 1.73 bits per heavy atom. The number of ether oxygens (including phenoxy) is 2. The minimum Gasteiger partial charge on any atom is -0.466 e. The van der Waals surface area contributed by atoms with Crippen molar-refractivity contribution in [2.75, 3.05) is 32.6 Å². The van der Waals surface area contributed by atoms with Gasteiger partial charge in [-0.3, -0.25) is 4.79 Å². The lowest BCUT2D eigenvalue weighted by Gasteiger charge is -2.15. The molecule has 26 heavy (non-hydrogen) atoms. The molecule has 0 radical (unpaired) electrons. The van der Waals surface area contributed by atoms with Crippen LogP contribution in [0.1, 0.15) is 24.8 Å². The number of carbonyl (C=O) groups excluding carboxylic acids is 3. The number of likely N-dealkylation sites (tertiary alicyclic amines) is 1. The van der Waals surface area contributed by atoms with Gasteiger partial charge in [-0.25, -0.2) is 9.59 Å². The van der Waals surface area contributed by atoms with E-state index in [2.05, 4.69) is 14.8 Å². The summed E-state index contributed by atoms with van der Waals surface area (Å²) in [6.45, 7) is 1.73. The standard InChI is InChI=1S/C19H24N2O5/c1-25-18(23)13-16(19(24)26-2)20-15-8-5-14(6-9-15)7-10-17(22)21-11-3-4-12-21/h5-6,8-9,13,20H,3-4,7,10-12H2,1-2H3/b16-13+. The smallest absolute Gasteiger partial charge is 0.354 e. The van der Waals surface area contributed by atoms with Gasteiger partial charge in [0.05, 0.1) is 20.3 Å². The van der Waals surface area contributed by atoms with Crippen LogP contribution in [0.15, 0.2) is 36.0 Å². The SMILES string of the molecule is COC(=O)/C=C(/Nc1ccc(CCC(=O)N2CCCC2)cc1)C(=O)OC. The van der Waals surface area contributed by atoms with Gasteiger partial charge in [0.15, 0.2) is 0 Å². The molecule has 1 heterocycles. The molecule has 0 saturated carbocycles. The maximum absolute atomic E-state index is 12.1. The second kappa shape index (κ2) is 9.60. The third-order valence-electron chi connectivity index (χ3n) is 4.19.